The minimum absolute atomic E-state index is 0.0736. The number of aromatic nitrogens is 1. The Hall–Kier alpha value is -2.25. The molecule has 0 aliphatic carbocycles. The summed E-state index contributed by atoms with van der Waals surface area (Å²) in [6.07, 6.45) is 0.579. The number of rotatable bonds is 1. The van der Waals surface area contributed by atoms with Crippen molar-refractivity contribution in [2.75, 3.05) is 6.61 Å². The number of esters is 1. The second kappa shape index (κ2) is 5.62. The van der Waals surface area contributed by atoms with Crippen molar-refractivity contribution in [2.45, 2.75) is 38.0 Å². The molecule has 0 fully saturated rings. The van der Waals surface area contributed by atoms with Crippen molar-refractivity contribution in [3.05, 3.63) is 51.1 Å². The summed E-state index contributed by atoms with van der Waals surface area (Å²) >= 11 is 3.56. The summed E-state index contributed by atoms with van der Waals surface area (Å²) in [4.78, 5) is 31.9. The van der Waals surface area contributed by atoms with E-state index in [1.165, 1.54) is 0 Å². The van der Waals surface area contributed by atoms with Crippen LogP contribution in [0, 0.1) is 0 Å². The van der Waals surface area contributed by atoms with Crippen LogP contribution in [0.25, 0.3) is 10.9 Å². The van der Waals surface area contributed by atoms with Crippen LogP contribution in [0.5, 0.6) is 0 Å². The van der Waals surface area contributed by atoms with Crippen molar-refractivity contribution >= 4 is 38.7 Å². The zero-order valence-electron chi connectivity index (χ0n) is 14.7. The zero-order valence-corrected chi connectivity index (χ0v) is 16.2. The SMILES string of the molecule is CCC1(O)C(=O)OCC2=C1CC1c3nc4cccc(Br)c4cc3CN1C2=O. The number of hydrogen-bond donors (Lipinski definition) is 1. The lowest BCUT2D eigenvalue weighted by Gasteiger charge is -2.41. The van der Waals surface area contributed by atoms with E-state index in [2.05, 4.69) is 22.0 Å². The first-order valence-electron chi connectivity index (χ1n) is 8.95. The number of carbonyl (C=O) groups excluding carboxylic acids is 2. The predicted molar refractivity (Wildman–Crippen MR) is 101 cm³/mol. The summed E-state index contributed by atoms with van der Waals surface area (Å²) in [6.45, 7) is 2.12. The number of pyridine rings is 1. The van der Waals surface area contributed by atoms with Gasteiger partial charge in [-0.1, -0.05) is 28.9 Å². The number of ether oxygens (including phenoxy) is 1. The fraction of sp³-hybridized carbons (Fsp3) is 0.350. The predicted octanol–water partition coefficient (Wildman–Crippen LogP) is 2.78. The summed E-state index contributed by atoms with van der Waals surface area (Å²) in [5.41, 5.74) is 1.88. The lowest BCUT2D eigenvalue weighted by Crippen LogP contribution is -2.51. The largest absolute Gasteiger partial charge is 0.458 e. The van der Waals surface area contributed by atoms with Crippen LogP contribution in [0.2, 0.25) is 0 Å². The summed E-state index contributed by atoms with van der Waals surface area (Å²) in [5.74, 6) is -0.847. The van der Waals surface area contributed by atoms with Crippen molar-refractivity contribution in [1.82, 2.24) is 9.88 Å². The molecule has 1 amide bonds. The Labute approximate surface area is 163 Å². The molecule has 1 aromatic heterocycles. The van der Waals surface area contributed by atoms with Gasteiger partial charge in [-0.05, 0) is 42.2 Å². The van der Waals surface area contributed by atoms with Gasteiger partial charge in [0.2, 0.25) is 0 Å². The average Bonchev–Trinajstić information content (AvgIpc) is 3.02. The molecular weight excluding hydrogens is 412 g/mol. The molecule has 1 N–H and O–H groups in total. The Morgan fingerprint density at radius 1 is 1.41 bits per heavy atom. The normalized spacial score (nSPS) is 26.8. The molecule has 27 heavy (non-hydrogen) atoms. The van der Waals surface area contributed by atoms with Crippen molar-refractivity contribution < 1.29 is 19.4 Å². The second-order valence-corrected chi connectivity index (χ2v) is 8.09. The number of nitrogens with zero attached hydrogens (tertiary/aromatic N) is 2. The van der Waals surface area contributed by atoms with Gasteiger partial charge in [-0.25, -0.2) is 4.79 Å². The molecule has 3 aliphatic heterocycles. The van der Waals surface area contributed by atoms with E-state index in [1.54, 1.807) is 11.8 Å². The van der Waals surface area contributed by atoms with Crippen molar-refractivity contribution in [3.8, 4) is 0 Å². The number of carbonyl (C=O) groups is 2. The van der Waals surface area contributed by atoms with Gasteiger partial charge in [0, 0.05) is 16.4 Å². The van der Waals surface area contributed by atoms with E-state index in [0.717, 1.165) is 26.6 Å². The summed E-state index contributed by atoms with van der Waals surface area (Å²) in [6, 6.07) is 7.64. The number of benzene rings is 1. The average molecular weight is 429 g/mol. The maximum Gasteiger partial charge on any atom is 0.342 e. The second-order valence-electron chi connectivity index (χ2n) is 7.24. The monoisotopic (exact) mass is 428 g/mol. The lowest BCUT2D eigenvalue weighted by molar-refractivity contribution is -0.165. The molecule has 0 saturated carbocycles. The smallest absolute Gasteiger partial charge is 0.342 e. The molecule has 0 spiro atoms. The molecule has 2 unspecified atom stereocenters. The van der Waals surface area contributed by atoms with Crippen molar-refractivity contribution in [1.29, 1.82) is 0 Å². The fourth-order valence-corrected chi connectivity index (χ4v) is 4.89. The van der Waals surface area contributed by atoms with E-state index in [4.69, 9.17) is 9.72 Å². The van der Waals surface area contributed by atoms with Crippen LogP contribution in [0.3, 0.4) is 0 Å². The topological polar surface area (TPSA) is 79.7 Å². The van der Waals surface area contributed by atoms with Crippen LogP contribution in [-0.2, 0) is 20.9 Å². The summed E-state index contributed by atoms with van der Waals surface area (Å²) < 4.78 is 6.07. The maximum atomic E-state index is 13.1. The Balaban J connectivity index is 1.65. The standard InChI is InChI=1S/C20H17BrN2O4/c1-2-20(26)13-7-16-17-10(6-11-14(21)4-3-5-15(11)22-17)8-23(16)18(24)12(13)9-27-19(20)25/h3-6,16,26H,2,7-9H2,1H3. The van der Waals surface area contributed by atoms with E-state index in [9.17, 15) is 14.7 Å². The quantitative estimate of drug-likeness (QED) is 0.706. The van der Waals surface area contributed by atoms with Crippen LogP contribution in [0.15, 0.2) is 39.9 Å². The van der Waals surface area contributed by atoms with E-state index in [0.29, 0.717) is 24.1 Å². The maximum absolute atomic E-state index is 13.1. The number of fused-ring (bicyclic) bond motifs is 4. The third kappa shape index (κ3) is 2.18. The Kier molecular flexibility index (Phi) is 3.52. The molecule has 0 bridgehead atoms. The Morgan fingerprint density at radius 2 is 2.22 bits per heavy atom. The number of hydrogen-bond acceptors (Lipinski definition) is 5. The van der Waals surface area contributed by atoms with Crippen molar-refractivity contribution in [2.24, 2.45) is 0 Å². The number of cyclic esters (lactones) is 1. The minimum Gasteiger partial charge on any atom is -0.458 e. The van der Waals surface area contributed by atoms with Gasteiger partial charge in [-0.15, -0.1) is 0 Å². The Bertz CT molecular complexity index is 1060. The molecule has 4 heterocycles. The first-order valence-corrected chi connectivity index (χ1v) is 9.74. The van der Waals surface area contributed by atoms with Gasteiger partial charge in [0.25, 0.3) is 5.91 Å². The van der Waals surface area contributed by atoms with Gasteiger partial charge in [-0.3, -0.25) is 9.78 Å². The van der Waals surface area contributed by atoms with E-state index in [-0.39, 0.29) is 25.0 Å². The zero-order chi connectivity index (χ0) is 18.9. The van der Waals surface area contributed by atoms with Gasteiger partial charge in [0.1, 0.15) is 6.61 Å². The summed E-state index contributed by atoms with van der Waals surface area (Å²) in [5, 5.41) is 11.9. The van der Waals surface area contributed by atoms with Crippen molar-refractivity contribution in [3.63, 3.8) is 0 Å². The summed E-state index contributed by atoms with van der Waals surface area (Å²) in [7, 11) is 0. The highest BCUT2D eigenvalue weighted by Crippen LogP contribution is 2.47. The van der Waals surface area contributed by atoms with Crippen LogP contribution in [0.1, 0.15) is 37.1 Å². The first-order chi connectivity index (χ1) is 12.9. The third-order valence-electron chi connectivity index (χ3n) is 5.93. The molecule has 6 nitrogen and oxygen atoms in total. The van der Waals surface area contributed by atoms with Crippen LogP contribution in [0.4, 0.5) is 0 Å². The molecule has 1 aromatic carbocycles. The molecule has 138 valence electrons. The van der Waals surface area contributed by atoms with Gasteiger partial charge >= 0.3 is 5.97 Å². The van der Waals surface area contributed by atoms with Gasteiger partial charge in [-0.2, -0.15) is 0 Å². The van der Waals surface area contributed by atoms with Gasteiger partial charge in [0.15, 0.2) is 5.60 Å². The lowest BCUT2D eigenvalue weighted by atomic mass is 9.79. The van der Waals surface area contributed by atoms with Crippen LogP contribution < -0.4 is 0 Å². The van der Waals surface area contributed by atoms with Crippen LogP contribution >= 0.6 is 15.9 Å². The van der Waals surface area contributed by atoms with Gasteiger partial charge in [0.05, 0.1) is 22.8 Å². The molecule has 2 aromatic rings. The first kappa shape index (κ1) is 16.9. The van der Waals surface area contributed by atoms with Gasteiger partial charge < -0.3 is 14.7 Å². The highest BCUT2D eigenvalue weighted by molar-refractivity contribution is 9.10. The highest BCUT2D eigenvalue weighted by atomic mass is 79.9. The van der Waals surface area contributed by atoms with Crippen LogP contribution in [-0.4, -0.2) is 39.1 Å². The molecule has 0 saturated heterocycles. The molecule has 2 atom stereocenters. The van der Waals surface area contributed by atoms with E-state index >= 15 is 0 Å². The molecular formula is C20H17BrN2O4. The minimum atomic E-state index is -1.72. The Morgan fingerprint density at radius 3 is 3.00 bits per heavy atom. The molecule has 7 heteroatoms. The fourth-order valence-electron chi connectivity index (χ4n) is 4.42. The molecule has 3 aliphatic rings. The third-order valence-corrected chi connectivity index (χ3v) is 6.62. The van der Waals surface area contributed by atoms with E-state index < -0.39 is 11.6 Å². The number of aliphatic hydroxyl groups is 1. The number of halogens is 1. The highest BCUT2D eigenvalue weighted by Gasteiger charge is 2.52. The number of amides is 1. The molecule has 0 radical (unpaired) electrons. The van der Waals surface area contributed by atoms with E-state index in [1.807, 2.05) is 18.2 Å². The molecule has 5 rings (SSSR count).